The molecular weight excluding hydrogens is 313 g/mol. The lowest BCUT2D eigenvalue weighted by Gasteiger charge is -2.19. The van der Waals surface area contributed by atoms with Gasteiger partial charge in [-0.15, -0.1) is 0 Å². The average Bonchev–Trinajstić information content (AvgIpc) is 2.44. The van der Waals surface area contributed by atoms with Crippen LogP contribution >= 0.6 is 23.2 Å². The first-order valence-corrected chi connectivity index (χ1v) is 7.27. The van der Waals surface area contributed by atoms with Crippen molar-refractivity contribution in [3.8, 4) is 0 Å². The maximum absolute atomic E-state index is 11.8. The Labute approximate surface area is 133 Å². The molecule has 2 N–H and O–H groups in total. The molecular formula is C15H17Cl2NO3. The van der Waals surface area contributed by atoms with Gasteiger partial charge >= 0.3 is 5.97 Å². The SMILES string of the molecule is CCC(C)[C@H](NC(=O)C=Cc1ccc(Cl)c(Cl)c1)C(=O)O. The third kappa shape index (κ3) is 5.40. The Morgan fingerprint density at radius 3 is 2.52 bits per heavy atom. The minimum absolute atomic E-state index is 0.148. The van der Waals surface area contributed by atoms with Gasteiger partial charge in [0, 0.05) is 6.08 Å². The van der Waals surface area contributed by atoms with Gasteiger partial charge in [0.2, 0.25) is 5.91 Å². The van der Waals surface area contributed by atoms with E-state index in [0.29, 0.717) is 22.0 Å². The molecule has 1 unspecified atom stereocenters. The van der Waals surface area contributed by atoms with Crippen LogP contribution in [0.5, 0.6) is 0 Å². The van der Waals surface area contributed by atoms with Gasteiger partial charge in [0.05, 0.1) is 10.0 Å². The number of halogens is 2. The number of hydrogen-bond acceptors (Lipinski definition) is 2. The summed E-state index contributed by atoms with van der Waals surface area (Å²) in [5, 5.41) is 12.4. The largest absolute Gasteiger partial charge is 0.480 e. The van der Waals surface area contributed by atoms with Crippen molar-refractivity contribution in [2.24, 2.45) is 5.92 Å². The number of rotatable bonds is 6. The van der Waals surface area contributed by atoms with Crippen molar-refractivity contribution in [2.45, 2.75) is 26.3 Å². The highest BCUT2D eigenvalue weighted by Crippen LogP contribution is 2.23. The summed E-state index contributed by atoms with van der Waals surface area (Å²) in [6.45, 7) is 3.65. The summed E-state index contributed by atoms with van der Waals surface area (Å²) in [6.07, 6.45) is 3.48. The number of carboxylic acid groups (broad SMARTS) is 1. The van der Waals surface area contributed by atoms with Crippen LogP contribution in [0.1, 0.15) is 25.8 Å². The molecule has 1 aromatic carbocycles. The Kier molecular flexibility index (Phi) is 6.72. The van der Waals surface area contributed by atoms with E-state index < -0.39 is 17.9 Å². The second-order valence-electron chi connectivity index (χ2n) is 4.72. The molecule has 0 saturated heterocycles. The molecule has 0 saturated carbocycles. The van der Waals surface area contributed by atoms with Crippen molar-refractivity contribution >= 4 is 41.2 Å². The molecule has 1 rings (SSSR count). The molecule has 0 fully saturated rings. The van der Waals surface area contributed by atoms with E-state index in [1.54, 1.807) is 31.2 Å². The van der Waals surface area contributed by atoms with Crippen molar-refractivity contribution in [3.63, 3.8) is 0 Å². The Morgan fingerprint density at radius 1 is 1.33 bits per heavy atom. The third-order valence-electron chi connectivity index (χ3n) is 3.15. The molecule has 0 aliphatic heterocycles. The van der Waals surface area contributed by atoms with Crippen LogP contribution in [-0.4, -0.2) is 23.0 Å². The highest BCUT2D eigenvalue weighted by atomic mass is 35.5. The number of nitrogens with one attached hydrogen (secondary N) is 1. The van der Waals surface area contributed by atoms with Gasteiger partial charge in [0.25, 0.3) is 0 Å². The molecule has 4 nitrogen and oxygen atoms in total. The first-order chi connectivity index (χ1) is 9.85. The van der Waals surface area contributed by atoms with Crippen LogP contribution in [0.3, 0.4) is 0 Å². The van der Waals surface area contributed by atoms with E-state index in [1.165, 1.54) is 6.08 Å². The monoisotopic (exact) mass is 329 g/mol. The van der Waals surface area contributed by atoms with Crippen LogP contribution in [0.25, 0.3) is 6.08 Å². The summed E-state index contributed by atoms with van der Waals surface area (Å²) in [5.74, 6) is -1.65. The van der Waals surface area contributed by atoms with Gasteiger partial charge in [-0.2, -0.15) is 0 Å². The summed E-state index contributed by atoms with van der Waals surface area (Å²) >= 11 is 11.7. The Balaban J connectivity index is 2.73. The van der Waals surface area contributed by atoms with Crippen LogP contribution in [0.15, 0.2) is 24.3 Å². The predicted octanol–water partition coefficient (Wildman–Crippen LogP) is 3.62. The zero-order chi connectivity index (χ0) is 16.0. The van der Waals surface area contributed by atoms with Gasteiger partial charge in [0.1, 0.15) is 6.04 Å². The zero-order valence-electron chi connectivity index (χ0n) is 11.8. The lowest BCUT2D eigenvalue weighted by atomic mass is 9.99. The molecule has 0 aromatic heterocycles. The molecule has 21 heavy (non-hydrogen) atoms. The van der Waals surface area contributed by atoms with Crippen molar-refractivity contribution in [2.75, 3.05) is 0 Å². The summed E-state index contributed by atoms with van der Waals surface area (Å²) < 4.78 is 0. The topological polar surface area (TPSA) is 66.4 Å². The van der Waals surface area contributed by atoms with Gasteiger partial charge < -0.3 is 10.4 Å². The molecule has 1 aromatic rings. The summed E-state index contributed by atoms with van der Waals surface area (Å²) in [6, 6.07) is 4.06. The minimum Gasteiger partial charge on any atom is -0.480 e. The summed E-state index contributed by atoms with van der Waals surface area (Å²) in [7, 11) is 0. The van der Waals surface area contributed by atoms with Crippen LogP contribution < -0.4 is 5.32 Å². The smallest absolute Gasteiger partial charge is 0.326 e. The van der Waals surface area contributed by atoms with Crippen LogP contribution in [0.2, 0.25) is 10.0 Å². The minimum atomic E-state index is -1.04. The van der Waals surface area contributed by atoms with E-state index in [9.17, 15) is 9.59 Å². The quantitative estimate of drug-likeness (QED) is 0.783. The Morgan fingerprint density at radius 2 is 2.00 bits per heavy atom. The highest BCUT2D eigenvalue weighted by molar-refractivity contribution is 6.42. The highest BCUT2D eigenvalue weighted by Gasteiger charge is 2.24. The molecule has 0 aliphatic rings. The Bertz CT molecular complexity index is 558. The normalized spacial score (nSPS) is 13.9. The van der Waals surface area contributed by atoms with Crippen molar-refractivity contribution in [1.82, 2.24) is 5.32 Å². The lowest BCUT2D eigenvalue weighted by molar-refractivity contribution is -0.142. The zero-order valence-corrected chi connectivity index (χ0v) is 13.3. The van der Waals surface area contributed by atoms with Crippen LogP contribution in [0.4, 0.5) is 0 Å². The first-order valence-electron chi connectivity index (χ1n) is 6.51. The molecule has 2 atom stereocenters. The van der Waals surface area contributed by atoms with E-state index >= 15 is 0 Å². The maximum atomic E-state index is 11.8. The molecule has 0 spiro atoms. The number of aliphatic carboxylic acids is 1. The molecule has 6 heteroatoms. The van der Waals surface area contributed by atoms with Crippen LogP contribution in [-0.2, 0) is 9.59 Å². The number of carbonyl (C=O) groups is 2. The molecule has 1 amide bonds. The fourth-order valence-electron chi connectivity index (χ4n) is 1.67. The average molecular weight is 330 g/mol. The summed E-state index contributed by atoms with van der Waals surface area (Å²) in [5.41, 5.74) is 0.704. The van der Waals surface area contributed by atoms with E-state index in [2.05, 4.69) is 5.32 Å². The number of carboxylic acids is 1. The predicted molar refractivity (Wildman–Crippen MR) is 84.5 cm³/mol. The molecule has 0 bridgehead atoms. The third-order valence-corrected chi connectivity index (χ3v) is 3.89. The molecule has 0 heterocycles. The van der Waals surface area contributed by atoms with Crippen molar-refractivity contribution in [1.29, 1.82) is 0 Å². The second kappa shape index (κ2) is 8.05. The van der Waals surface area contributed by atoms with Gasteiger partial charge in [-0.3, -0.25) is 4.79 Å². The second-order valence-corrected chi connectivity index (χ2v) is 5.53. The fourth-order valence-corrected chi connectivity index (χ4v) is 1.98. The molecule has 0 aliphatic carbocycles. The number of amides is 1. The van der Waals surface area contributed by atoms with Crippen molar-refractivity contribution < 1.29 is 14.7 Å². The van der Waals surface area contributed by atoms with Gasteiger partial charge in [-0.25, -0.2) is 4.79 Å². The number of hydrogen-bond donors (Lipinski definition) is 2. The van der Waals surface area contributed by atoms with Crippen LogP contribution in [0, 0.1) is 5.92 Å². The molecule has 0 radical (unpaired) electrons. The number of benzene rings is 1. The van der Waals surface area contributed by atoms with Crippen molar-refractivity contribution in [3.05, 3.63) is 39.9 Å². The van der Waals surface area contributed by atoms with E-state index in [0.717, 1.165) is 0 Å². The van der Waals surface area contributed by atoms with Gasteiger partial charge in [0.15, 0.2) is 0 Å². The number of carbonyl (C=O) groups excluding carboxylic acids is 1. The van der Waals surface area contributed by atoms with E-state index in [4.69, 9.17) is 28.3 Å². The maximum Gasteiger partial charge on any atom is 0.326 e. The summed E-state index contributed by atoms with van der Waals surface area (Å²) in [4.78, 5) is 22.9. The van der Waals surface area contributed by atoms with E-state index in [-0.39, 0.29) is 5.92 Å². The van der Waals surface area contributed by atoms with E-state index in [1.807, 2.05) is 6.92 Å². The lowest BCUT2D eigenvalue weighted by Crippen LogP contribution is -2.44. The Hall–Kier alpha value is -1.52. The molecule has 114 valence electrons. The fraction of sp³-hybridized carbons (Fsp3) is 0.333. The van der Waals surface area contributed by atoms with Gasteiger partial charge in [-0.05, 0) is 29.7 Å². The van der Waals surface area contributed by atoms with Gasteiger partial charge in [-0.1, -0.05) is 49.5 Å². The first kappa shape index (κ1) is 17.5. The standard InChI is InChI=1S/C15H17Cl2NO3/c1-3-9(2)14(15(20)21)18-13(19)7-5-10-4-6-11(16)12(17)8-10/h4-9,14H,3H2,1-2H3,(H,18,19)(H,20,21)/t9?,14-/m0/s1.